The maximum absolute atomic E-state index is 4.42. The predicted octanol–water partition coefficient (Wildman–Crippen LogP) is 4.89. The monoisotopic (exact) mass is 371 g/mol. The number of hydrogen-bond donors (Lipinski definition) is 0. The van der Waals surface area contributed by atoms with E-state index in [1.165, 1.54) is 49.3 Å². The van der Waals surface area contributed by atoms with Gasteiger partial charge in [-0.05, 0) is 55.6 Å². The van der Waals surface area contributed by atoms with E-state index in [0.717, 1.165) is 25.2 Å². The topological polar surface area (TPSA) is 19.4 Å². The Kier molecular flexibility index (Phi) is 6.36. The fourth-order valence-corrected chi connectivity index (χ4v) is 3.91. The van der Waals surface area contributed by atoms with Crippen molar-refractivity contribution in [1.29, 1.82) is 0 Å². The lowest BCUT2D eigenvalue weighted by atomic mass is 10.0. The number of piperazine rings is 1. The summed E-state index contributed by atoms with van der Waals surface area (Å²) in [7, 11) is 0. The van der Waals surface area contributed by atoms with E-state index in [0.29, 0.717) is 0 Å². The van der Waals surface area contributed by atoms with Crippen LogP contribution in [0.4, 0.5) is 5.69 Å². The molecule has 1 fully saturated rings. The molecule has 144 valence electrons. The second-order valence-electron chi connectivity index (χ2n) is 7.53. The summed E-state index contributed by atoms with van der Waals surface area (Å²) in [6, 6.07) is 25.7. The number of unbranched alkanes of at least 4 members (excludes halogenated alkanes) is 1. The Bertz CT molecular complexity index is 823. The second-order valence-corrected chi connectivity index (χ2v) is 7.53. The summed E-state index contributed by atoms with van der Waals surface area (Å²) in [5.74, 6) is 0. The summed E-state index contributed by atoms with van der Waals surface area (Å²) in [6.45, 7) is 5.84. The first kappa shape index (κ1) is 18.7. The molecule has 0 unspecified atom stereocenters. The Morgan fingerprint density at radius 2 is 1.46 bits per heavy atom. The van der Waals surface area contributed by atoms with E-state index >= 15 is 0 Å². The van der Waals surface area contributed by atoms with Gasteiger partial charge >= 0.3 is 0 Å². The van der Waals surface area contributed by atoms with E-state index in [-0.39, 0.29) is 0 Å². The minimum absolute atomic E-state index is 1.05. The maximum Gasteiger partial charge on any atom is 0.0701 e. The molecule has 0 bridgehead atoms. The van der Waals surface area contributed by atoms with Gasteiger partial charge in [0.15, 0.2) is 0 Å². The van der Waals surface area contributed by atoms with E-state index in [4.69, 9.17) is 0 Å². The van der Waals surface area contributed by atoms with Gasteiger partial charge < -0.3 is 4.90 Å². The van der Waals surface area contributed by atoms with Gasteiger partial charge in [-0.2, -0.15) is 0 Å². The lowest BCUT2D eigenvalue weighted by Gasteiger charge is -2.36. The van der Waals surface area contributed by atoms with E-state index in [9.17, 15) is 0 Å². The maximum atomic E-state index is 4.42. The number of rotatable bonds is 7. The average molecular weight is 372 g/mol. The fourth-order valence-electron chi connectivity index (χ4n) is 3.91. The van der Waals surface area contributed by atoms with Gasteiger partial charge in [0.05, 0.1) is 5.69 Å². The van der Waals surface area contributed by atoms with Gasteiger partial charge in [-0.25, -0.2) is 0 Å². The molecule has 0 saturated carbocycles. The van der Waals surface area contributed by atoms with Crippen molar-refractivity contribution in [2.45, 2.75) is 19.3 Å². The molecular weight excluding hydrogens is 342 g/mol. The third-order valence-electron chi connectivity index (χ3n) is 5.60. The van der Waals surface area contributed by atoms with Gasteiger partial charge in [-0.15, -0.1) is 0 Å². The third-order valence-corrected chi connectivity index (χ3v) is 5.60. The van der Waals surface area contributed by atoms with Gasteiger partial charge in [0, 0.05) is 43.6 Å². The molecule has 4 rings (SSSR count). The molecule has 1 aliphatic heterocycles. The Balaban J connectivity index is 1.16. The van der Waals surface area contributed by atoms with Crippen LogP contribution in [0.5, 0.6) is 0 Å². The van der Waals surface area contributed by atoms with Crippen LogP contribution in [0, 0.1) is 0 Å². The van der Waals surface area contributed by atoms with Crippen LogP contribution in [0.1, 0.15) is 18.4 Å². The number of aromatic nitrogens is 1. The highest BCUT2D eigenvalue weighted by atomic mass is 15.3. The number of pyridine rings is 1. The summed E-state index contributed by atoms with van der Waals surface area (Å²) >= 11 is 0. The molecule has 28 heavy (non-hydrogen) atoms. The smallest absolute Gasteiger partial charge is 0.0701 e. The third kappa shape index (κ3) is 4.99. The minimum atomic E-state index is 1.05. The van der Waals surface area contributed by atoms with Gasteiger partial charge in [-0.3, -0.25) is 9.88 Å². The SMILES string of the molecule is c1ccc(N2CCN(CCCCc3ccc(-c4ccccn4)cc3)CC2)cc1. The zero-order valence-electron chi connectivity index (χ0n) is 16.5. The first-order valence-corrected chi connectivity index (χ1v) is 10.4. The molecule has 0 amide bonds. The number of benzene rings is 2. The number of hydrogen-bond acceptors (Lipinski definition) is 3. The van der Waals surface area contributed by atoms with Gasteiger partial charge in [-0.1, -0.05) is 48.5 Å². The fraction of sp³-hybridized carbons (Fsp3) is 0.320. The predicted molar refractivity (Wildman–Crippen MR) is 118 cm³/mol. The summed E-state index contributed by atoms with van der Waals surface area (Å²) in [6.07, 6.45) is 5.53. The van der Waals surface area contributed by atoms with Crippen molar-refractivity contribution in [3.63, 3.8) is 0 Å². The number of para-hydroxylation sites is 1. The summed E-state index contributed by atoms with van der Waals surface area (Å²) in [4.78, 5) is 9.54. The quantitative estimate of drug-likeness (QED) is 0.551. The van der Waals surface area contributed by atoms with Crippen molar-refractivity contribution >= 4 is 5.69 Å². The molecule has 2 aromatic carbocycles. The van der Waals surface area contributed by atoms with E-state index < -0.39 is 0 Å². The Labute approximate surface area is 168 Å². The van der Waals surface area contributed by atoms with Crippen LogP contribution >= 0.6 is 0 Å². The first-order chi connectivity index (χ1) is 13.9. The van der Waals surface area contributed by atoms with E-state index in [1.54, 1.807) is 0 Å². The number of aryl methyl sites for hydroxylation is 1. The molecule has 3 nitrogen and oxygen atoms in total. The Morgan fingerprint density at radius 1 is 0.714 bits per heavy atom. The van der Waals surface area contributed by atoms with Gasteiger partial charge in [0.25, 0.3) is 0 Å². The highest BCUT2D eigenvalue weighted by Crippen LogP contribution is 2.18. The van der Waals surface area contributed by atoms with Gasteiger partial charge in [0.2, 0.25) is 0 Å². The average Bonchev–Trinajstić information content (AvgIpc) is 2.79. The molecule has 0 atom stereocenters. The first-order valence-electron chi connectivity index (χ1n) is 10.4. The van der Waals surface area contributed by atoms with Crippen LogP contribution in [0.25, 0.3) is 11.3 Å². The van der Waals surface area contributed by atoms with Crippen molar-refractivity contribution in [3.05, 3.63) is 84.6 Å². The molecule has 0 radical (unpaired) electrons. The van der Waals surface area contributed by atoms with Crippen molar-refractivity contribution in [3.8, 4) is 11.3 Å². The molecule has 3 heteroatoms. The number of anilines is 1. The van der Waals surface area contributed by atoms with Crippen LogP contribution in [0.3, 0.4) is 0 Å². The summed E-state index contributed by atoms with van der Waals surface area (Å²) in [5.41, 5.74) is 5.02. The van der Waals surface area contributed by atoms with E-state index in [2.05, 4.69) is 75.4 Å². The van der Waals surface area contributed by atoms with Crippen LogP contribution in [-0.2, 0) is 6.42 Å². The van der Waals surface area contributed by atoms with Crippen molar-refractivity contribution in [2.24, 2.45) is 0 Å². The lowest BCUT2D eigenvalue weighted by molar-refractivity contribution is 0.253. The molecule has 0 aliphatic carbocycles. The molecule has 1 saturated heterocycles. The highest BCUT2D eigenvalue weighted by Gasteiger charge is 2.16. The molecule has 1 aromatic heterocycles. The molecule has 2 heterocycles. The Hall–Kier alpha value is -2.65. The minimum Gasteiger partial charge on any atom is -0.369 e. The lowest BCUT2D eigenvalue weighted by Crippen LogP contribution is -2.46. The molecule has 1 aliphatic rings. The second kappa shape index (κ2) is 9.52. The molecular formula is C25H29N3. The number of nitrogens with zero attached hydrogens (tertiary/aromatic N) is 3. The summed E-state index contributed by atoms with van der Waals surface area (Å²) < 4.78 is 0. The van der Waals surface area contributed by atoms with Crippen LogP contribution in [0.2, 0.25) is 0 Å². The largest absolute Gasteiger partial charge is 0.369 e. The molecule has 3 aromatic rings. The molecule has 0 N–H and O–H groups in total. The van der Waals surface area contributed by atoms with E-state index in [1.807, 2.05) is 18.3 Å². The standard InChI is InChI=1S/C25H29N3/c1-2-9-24(10-3-1)28-20-18-27(19-21-28)17-7-5-8-22-12-14-23(15-13-22)25-11-4-6-16-26-25/h1-4,6,9-16H,5,7-8,17-21H2. The highest BCUT2D eigenvalue weighted by molar-refractivity contribution is 5.59. The van der Waals surface area contributed by atoms with Crippen molar-refractivity contribution in [2.75, 3.05) is 37.6 Å². The van der Waals surface area contributed by atoms with Gasteiger partial charge in [0.1, 0.15) is 0 Å². The normalized spacial score (nSPS) is 14.9. The van der Waals surface area contributed by atoms with Crippen molar-refractivity contribution in [1.82, 2.24) is 9.88 Å². The Morgan fingerprint density at radius 3 is 2.18 bits per heavy atom. The zero-order chi connectivity index (χ0) is 19.0. The van der Waals surface area contributed by atoms with Crippen LogP contribution in [0.15, 0.2) is 79.0 Å². The van der Waals surface area contributed by atoms with Crippen molar-refractivity contribution < 1.29 is 0 Å². The summed E-state index contributed by atoms with van der Waals surface area (Å²) in [5, 5.41) is 0. The zero-order valence-corrected chi connectivity index (χ0v) is 16.5. The van der Waals surface area contributed by atoms with Crippen LogP contribution < -0.4 is 4.90 Å². The van der Waals surface area contributed by atoms with Crippen LogP contribution in [-0.4, -0.2) is 42.6 Å². The molecule has 0 spiro atoms.